The number of hydrogen-bond donors (Lipinski definition) is 2. The first-order valence-electron chi connectivity index (χ1n) is 7.34. The highest BCUT2D eigenvalue weighted by atomic mass is 32.2. The summed E-state index contributed by atoms with van der Waals surface area (Å²) >= 11 is 1.93. The van der Waals surface area contributed by atoms with Crippen molar-refractivity contribution in [3.05, 3.63) is 0 Å². The van der Waals surface area contributed by atoms with E-state index >= 15 is 0 Å². The van der Waals surface area contributed by atoms with Gasteiger partial charge in [-0.3, -0.25) is 0 Å². The highest BCUT2D eigenvalue weighted by molar-refractivity contribution is 7.98. The first-order chi connectivity index (χ1) is 8.74. The van der Waals surface area contributed by atoms with Gasteiger partial charge in [-0.2, -0.15) is 11.8 Å². The molecular weight excluding hydrogens is 244 g/mol. The van der Waals surface area contributed by atoms with Gasteiger partial charge in [0.05, 0.1) is 6.10 Å². The Bertz CT molecular complexity index is 166. The molecule has 0 radical (unpaired) electrons. The van der Waals surface area contributed by atoms with Crippen molar-refractivity contribution in [1.82, 2.24) is 10.2 Å². The number of unbranched alkanes of at least 4 members (excludes halogenated alkanes) is 3. The van der Waals surface area contributed by atoms with Crippen molar-refractivity contribution in [2.45, 2.75) is 45.6 Å². The largest absolute Gasteiger partial charge is 0.390 e. The van der Waals surface area contributed by atoms with E-state index in [1.807, 2.05) is 11.8 Å². The quantitative estimate of drug-likeness (QED) is 0.506. The zero-order valence-corrected chi connectivity index (χ0v) is 13.3. The molecule has 1 unspecified atom stereocenters. The second kappa shape index (κ2) is 13.7. The number of aliphatic hydroxyl groups is 1. The van der Waals surface area contributed by atoms with Gasteiger partial charge >= 0.3 is 0 Å². The van der Waals surface area contributed by atoms with Gasteiger partial charge in [-0.1, -0.05) is 26.7 Å². The van der Waals surface area contributed by atoms with Crippen molar-refractivity contribution in [3.8, 4) is 0 Å². The van der Waals surface area contributed by atoms with Crippen LogP contribution in [-0.4, -0.2) is 60.8 Å². The molecule has 0 aromatic rings. The molecule has 0 aliphatic rings. The first kappa shape index (κ1) is 18.2. The van der Waals surface area contributed by atoms with Gasteiger partial charge < -0.3 is 15.3 Å². The number of nitrogens with zero attached hydrogens (tertiary/aromatic N) is 1. The maximum absolute atomic E-state index is 9.85. The Labute approximate surface area is 118 Å². The van der Waals surface area contributed by atoms with Crippen LogP contribution >= 0.6 is 11.8 Å². The summed E-state index contributed by atoms with van der Waals surface area (Å²) in [6.45, 7) is 8.85. The van der Waals surface area contributed by atoms with Gasteiger partial charge in [0, 0.05) is 13.1 Å². The number of thioether (sulfide) groups is 1. The third-order valence-corrected chi connectivity index (χ3v) is 3.89. The molecule has 18 heavy (non-hydrogen) atoms. The van der Waals surface area contributed by atoms with E-state index in [9.17, 15) is 5.11 Å². The van der Waals surface area contributed by atoms with Crippen molar-refractivity contribution in [2.24, 2.45) is 0 Å². The lowest BCUT2D eigenvalue weighted by molar-refractivity contribution is 0.117. The number of nitrogens with one attached hydrogen (secondary N) is 1. The summed E-state index contributed by atoms with van der Waals surface area (Å²) in [4.78, 5) is 2.26. The fourth-order valence-electron chi connectivity index (χ4n) is 1.96. The summed E-state index contributed by atoms with van der Waals surface area (Å²) in [6.07, 6.45) is 7.14. The molecule has 1 atom stereocenters. The van der Waals surface area contributed by atoms with Crippen LogP contribution in [0.4, 0.5) is 0 Å². The highest BCUT2D eigenvalue weighted by Gasteiger charge is 2.07. The van der Waals surface area contributed by atoms with E-state index in [1.54, 1.807) is 0 Å². The van der Waals surface area contributed by atoms with E-state index in [1.165, 1.54) is 31.4 Å². The third-order valence-electron chi connectivity index (χ3n) is 3.20. The lowest BCUT2D eigenvalue weighted by atomic mass is 10.2. The molecule has 0 heterocycles. The van der Waals surface area contributed by atoms with Gasteiger partial charge in [0.1, 0.15) is 0 Å². The summed E-state index contributed by atoms with van der Waals surface area (Å²) < 4.78 is 0. The molecule has 2 N–H and O–H groups in total. The molecule has 0 aliphatic carbocycles. The molecule has 0 rings (SSSR count). The molecule has 0 bridgehead atoms. The van der Waals surface area contributed by atoms with Crippen LogP contribution in [0.25, 0.3) is 0 Å². The van der Waals surface area contributed by atoms with Crippen LogP contribution < -0.4 is 5.32 Å². The van der Waals surface area contributed by atoms with Crippen molar-refractivity contribution in [3.63, 3.8) is 0 Å². The minimum atomic E-state index is -0.235. The summed E-state index contributed by atoms with van der Waals surface area (Å²) in [5.41, 5.74) is 0. The molecule has 0 aromatic heterocycles. The number of hydrogen-bond acceptors (Lipinski definition) is 4. The minimum Gasteiger partial charge on any atom is -0.390 e. The molecule has 4 heteroatoms. The molecule has 0 aliphatic heterocycles. The van der Waals surface area contributed by atoms with Gasteiger partial charge in [0.15, 0.2) is 0 Å². The first-order valence-corrected chi connectivity index (χ1v) is 8.74. The maximum atomic E-state index is 9.85. The lowest BCUT2D eigenvalue weighted by Crippen LogP contribution is -2.38. The van der Waals surface area contributed by atoms with Crippen LogP contribution in [0.15, 0.2) is 0 Å². The third kappa shape index (κ3) is 11.3. The predicted molar refractivity (Wildman–Crippen MR) is 83.5 cm³/mol. The zero-order valence-electron chi connectivity index (χ0n) is 12.5. The fraction of sp³-hybridized carbons (Fsp3) is 1.00. The average molecular weight is 276 g/mol. The summed E-state index contributed by atoms with van der Waals surface area (Å²) in [6, 6.07) is 0. The second-order valence-electron chi connectivity index (χ2n) is 4.75. The molecule has 0 aromatic carbocycles. The van der Waals surface area contributed by atoms with Gasteiger partial charge in [0.2, 0.25) is 0 Å². The smallest absolute Gasteiger partial charge is 0.0791 e. The minimum absolute atomic E-state index is 0.235. The molecule has 0 saturated heterocycles. The molecule has 0 saturated carbocycles. The molecule has 110 valence electrons. The van der Waals surface area contributed by atoms with Crippen LogP contribution in [0, 0.1) is 0 Å². The van der Waals surface area contributed by atoms with Crippen LogP contribution in [-0.2, 0) is 0 Å². The van der Waals surface area contributed by atoms with E-state index in [2.05, 4.69) is 30.3 Å². The fourth-order valence-corrected chi connectivity index (χ4v) is 2.46. The zero-order chi connectivity index (χ0) is 13.6. The topological polar surface area (TPSA) is 35.5 Å². The van der Waals surface area contributed by atoms with E-state index in [0.717, 1.165) is 32.7 Å². The molecule has 0 fully saturated rings. The highest BCUT2D eigenvalue weighted by Crippen LogP contribution is 2.03. The molecule has 0 amide bonds. The van der Waals surface area contributed by atoms with Crippen molar-refractivity contribution in [2.75, 3.05) is 44.7 Å². The van der Waals surface area contributed by atoms with Gasteiger partial charge in [0.25, 0.3) is 0 Å². The normalized spacial score (nSPS) is 13.2. The summed E-state index contributed by atoms with van der Waals surface area (Å²) in [5.74, 6) is 1.29. The summed E-state index contributed by atoms with van der Waals surface area (Å²) in [5, 5.41) is 13.2. The van der Waals surface area contributed by atoms with Crippen molar-refractivity contribution < 1.29 is 5.11 Å². The molecular formula is C14H32N2OS. The Morgan fingerprint density at radius 2 is 1.78 bits per heavy atom. The van der Waals surface area contributed by atoms with E-state index in [-0.39, 0.29) is 6.10 Å². The Morgan fingerprint density at radius 3 is 2.39 bits per heavy atom. The van der Waals surface area contributed by atoms with Gasteiger partial charge in [-0.25, -0.2) is 0 Å². The number of likely N-dealkylation sites (N-methyl/N-ethyl adjacent to an activating group) is 1. The average Bonchev–Trinajstić information content (AvgIpc) is 2.39. The standard InChI is InChI=1S/C14H32N2OS/c1-4-16(5-2)13-14(17)12-15-10-8-6-7-9-11-18-3/h14-15,17H,4-13H2,1-3H3. The monoisotopic (exact) mass is 276 g/mol. The van der Waals surface area contributed by atoms with Crippen molar-refractivity contribution >= 4 is 11.8 Å². The van der Waals surface area contributed by atoms with Gasteiger partial charge in [-0.15, -0.1) is 0 Å². The Morgan fingerprint density at radius 1 is 1.11 bits per heavy atom. The van der Waals surface area contributed by atoms with Crippen molar-refractivity contribution in [1.29, 1.82) is 0 Å². The Hall–Kier alpha value is 0.230. The molecule has 0 spiro atoms. The molecule has 3 nitrogen and oxygen atoms in total. The Kier molecular flexibility index (Phi) is 13.8. The van der Waals surface area contributed by atoms with Gasteiger partial charge in [-0.05, 0) is 44.5 Å². The lowest BCUT2D eigenvalue weighted by Gasteiger charge is -2.22. The van der Waals surface area contributed by atoms with Crippen LogP contribution in [0.5, 0.6) is 0 Å². The van der Waals surface area contributed by atoms with E-state index in [0.29, 0.717) is 0 Å². The number of rotatable bonds is 13. The second-order valence-corrected chi connectivity index (χ2v) is 5.74. The van der Waals surface area contributed by atoms with Crippen LogP contribution in [0.2, 0.25) is 0 Å². The van der Waals surface area contributed by atoms with Crippen LogP contribution in [0.3, 0.4) is 0 Å². The summed E-state index contributed by atoms with van der Waals surface area (Å²) in [7, 11) is 0. The van der Waals surface area contributed by atoms with Crippen LogP contribution in [0.1, 0.15) is 39.5 Å². The van der Waals surface area contributed by atoms with E-state index in [4.69, 9.17) is 0 Å². The maximum Gasteiger partial charge on any atom is 0.0791 e. The van der Waals surface area contributed by atoms with E-state index < -0.39 is 0 Å². The Balaban J connectivity index is 3.27. The number of aliphatic hydroxyl groups excluding tert-OH is 1. The predicted octanol–water partition coefficient (Wildman–Crippen LogP) is 2.20. The SMILES string of the molecule is CCN(CC)CC(O)CNCCCCCCSC.